The van der Waals surface area contributed by atoms with Crippen LogP contribution in [0.15, 0.2) is 95.2 Å². The number of ether oxygens (including phenoxy) is 2. The zero-order valence-corrected chi connectivity index (χ0v) is 29.1. The number of carbonyl (C=O) groups is 2. The van der Waals surface area contributed by atoms with Crippen LogP contribution in [0.5, 0.6) is 11.5 Å². The number of benzene rings is 3. The number of piperidine rings is 1. The molecule has 1 aliphatic carbocycles. The molecular formula is C37H41N3O6S2. The standard InChI is InChI=1S/C37H41N3O6S2/c1-37(2,36(42)38-48(43,44)33-19-17-31(45-3)18-20-33)46-32-9-4-8-30(23-32)39-21-5-7-28(25-39)35(41)40(29-15-16-29)24-26-11-13-27(14-12-26)34-10-6-22-47-34/h4,6,8-14,17-20,22-23,28-29H,5,7,15-16,21,24-25H2,1-3H3,(H,38,42)/t28-/m0/s1. The van der Waals surface area contributed by atoms with Crippen molar-refractivity contribution in [3.05, 3.63) is 95.9 Å². The van der Waals surface area contributed by atoms with Gasteiger partial charge in [0, 0.05) is 42.3 Å². The molecule has 0 spiro atoms. The van der Waals surface area contributed by atoms with Gasteiger partial charge in [0.25, 0.3) is 15.9 Å². The number of amides is 2. The Morgan fingerprint density at radius 3 is 2.38 bits per heavy atom. The van der Waals surface area contributed by atoms with Crippen LogP contribution < -0.4 is 19.1 Å². The summed E-state index contributed by atoms with van der Waals surface area (Å²) in [5.74, 6) is 0.207. The number of methoxy groups -OCH3 is 1. The van der Waals surface area contributed by atoms with Gasteiger partial charge in [-0.05, 0) is 98.5 Å². The molecule has 2 aliphatic rings. The zero-order chi connectivity index (χ0) is 33.9. The largest absolute Gasteiger partial charge is 0.497 e. The van der Waals surface area contributed by atoms with E-state index in [1.807, 2.05) is 18.2 Å². The Morgan fingerprint density at radius 1 is 0.958 bits per heavy atom. The number of rotatable bonds is 12. The van der Waals surface area contributed by atoms with Gasteiger partial charge in [0.05, 0.1) is 17.9 Å². The minimum Gasteiger partial charge on any atom is -0.497 e. The summed E-state index contributed by atoms with van der Waals surface area (Å²) in [6.07, 6.45) is 3.80. The Kier molecular flexibility index (Phi) is 9.80. The fourth-order valence-electron chi connectivity index (χ4n) is 5.98. The third kappa shape index (κ3) is 7.85. The molecule has 2 fully saturated rings. The highest BCUT2D eigenvalue weighted by atomic mass is 32.2. The van der Waals surface area contributed by atoms with Gasteiger partial charge in [-0.3, -0.25) is 9.59 Å². The van der Waals surface area contributed by atoms with Crippen LogP contribution in [0.4, 0.5) is 5.69 Å². The second-order valence-corrected chi connectivity index (χ2v) is 15.5. The van der Waals surface area contributed by atoms with Crippen molar-refractivity contribution in [2.75, 3.05) is 25.1 Å². The van der Waals surface area contributed by atoms with Gasteiger partial charge in [-0.2, -0.15) is 0 Å². The predicted molar refractivity (Wildman–Crippen MR) is 188 cm³/mol. The smallest absolute Gasteiger partial charge is 0.277 e. The molecule has 2 amide bonds. The van der Waals surface area contributed by atoms with Crippen molar-refractivity contribution in [3.8, 4) is 21.9 Å². The lowest BCUT2D eigenvalue weighted by atomic mass is 9.95. The first-order valence-electron chi connectivity index (χ1n) is 16.2. The van der Waals surface area contributed by atoms with Crippen LogP contribution in [0.1, 0.15) is 45.1 Å². The molecule has 1 aliphatic heterocycles. The molecular weight excluding hydrogens is 647 g/mol. The first-order chi connectivity index (χ1) is 23.0. The summed E-state index contributed by atoms with van der Waals surface area (Å²) >= 11 is 1.72. The highest BCUT2D eigenvalue weighted by Gasteiger charge is 2.38. The van der Waals surface area contributed by atoms with E-state index in [0.29, 0.717) is 30.6 Å². The molecule has 0 unspecified atom stereocenters. The van der Waals surface area contributed by atoms with Crippen molar-refractivity contribution in [2.24, 2.45) is 5.92 Å². The fourth-order valence-corrected chi connectivity index (χ4v) is 7.81. The molecule has 0 radical (unpaired) electrons. The molecule has 6 rings (SSSR count). The molecule has 48 heavy (non-hydrogen) atoms. The SMILES string of the molecule is COc1ccc(S(=O)(=O)NC(=O)C(C)(C)Oc2cccc(N3CCC[C@H](C(=O)N(Cc4ccc(-c5cccs5)cc4)C4CC4)C3)c2)cc1. The maximum atomic E-state index is 14.0. The number of hydrogen-bond acceptors (Lipinski definition) is 8. The van der Waals surface area contributed by atoms with Gasteiger partial charge in [0.2, 0.25) is 5.91 Å². The summed E-state index contributed by atoms with van der Waals surface area (Å²) in [5.41, 5.74) is 1.71. The van der Waals surface area contributed by atoms with Gasteiger partial charge < -0.3 is 19.3 Å². The van der Waals surface area contributed by atoms with Crippen LogP contribution in [-0.2, 0) is 26.2 Å². The third-order valence-electron chi connectivity index (χ3n) is 8.85. The average molecular weight is 688 g/mol. The van der Waals surface area contributed by atoms with Crippen LogP contribution in [0, 0.1) is 5.92 Å². The highest BCUT2D eigenvalue weighted by Crippen LogP contribution is 2.34. The third-order valence-corrected chi connectivity index (χ3v) is 11.1. The predicted octanol–water partition coefficient (Wildman–Crippen LogP) is 6.49. The second-order valence-electron chi connectivity index (χ2n) is 12.9. The number of nitrogens with zero attached hydrogens (tertiary/aromatic N) is 2. The summed E-state index contributed by atoms with van der Waals surface area (Å²) in [4.78, 5) is 32.5. The quantitative estimate of drug-likeness (QED) is 0.182. The van der Waals surface area contributed by atoms with Crippen molar-refractivity contribution in [3.63, 3.8) is 0 Å². The van der Waals surface area contributed by atoms with E-state index in [9.17, 15) is 18.0 Å². The first-order valence-corrected chi connectivity index (χ1v) is 18.6. The summed E-state index contributed by atoms with van der Waals surface area (Å²) in [7, 11) is -2.63. The maximum Gasteiger partial charge on any atom is 0.277 e. The molecule has 4 aromatic rings. The van der Waals surface area contributed by atoms with Crippen LogP contribution in [-0.4, -0.2) is 57.0 Å². The molecule has 11 heteroatoms. The molecule has 252 valence electrons. The number of hydrogen-bond donors (Lipinski definition) is 1. The Labute approximate surface area is 286 Å². The lowest BCUT2D eigenvalue weighted by molar-refractivity contribution is -0.137. The average Bonchev–Trinajstić information content (AvgIpc) is 3.79. The van der Waals surface area contributed by atoms with E-state index in [1.54, 1.807) is 17.4 Å². The Balaban J connectivity index is 1.09. The highest BCUT2D eigenvalue weighted by molar-refractivity contribution is 7.90. The van der Waals surface area contributed by atoms with Gasteiger partial charge in [-0.25, -0.2) is 13.1 Å². The molecule has 1 N–H and O–H groups in total. The van der Waals surface area contributed by atoms with Crippen molar-refractivity contribution in [2.45, 2.75) is 62.6 Å². The number of anilines is 1. The molecule has 1 aromatic heterocycles. The minimum absolute atomic E-state index is 0.0593. The van der Waals surface area contributed by atoms with Crippen LogP contribution in [0.2, 0.25) is 0 Å². The molecule has 3 aromatic carbocycles. The summed E-state index contributed by atoms with van der Waals surface area (Å²) < 4.78 is 39.0. The van der Waals surface area contributed by atoms with Crippen molar-refractivity contribution in [1.82, 2.24) is 9.62 Å². The second kappa shape index (κ2) is 14.0. The zero-order valence-electron chi connectivity index (χ0n) is 27.4. The Bertz CT molecular complexity index is 1840. The topological polar surface area (TPSA) is 105 Å². The number of nitrogens with one attached hydrogen (secondary N) is 1. The van der Waals surface area contributed by atoms with Gasteiger partial charge in [0.1, 0.15) is 11.5 Å². The fraction of sp³-hybridized carbons (Fsp3) is 0.351. The molecule has 0 bridgehead atoms. The van der Waals surface area contributed by atoms with E-state index >= 15 is 0 Å². The number of carbonyl (C=O) groups excluding carboxylic acids is 2. The van der Waals surface area contributed by atoms with E-state index in [2.05, 4.69) is 56.3 Å². The molecule has 1 saturated heterocycles. The van der Waals surface area contributed by atoms with Crippen molar-refractivity contribution < 1.29 is 27.5 Å². The van der Waals surface area contributed by atoms with E-state index in [0.717, 1.165) is 43.5 Å². The van der Waals surface area contributed by atoms with Gasteiger partial charge in [-0.1, -0.05) is 36.4 Å². The van der Waals surface area contributed by atoms with E-state index in [1.165, 1.54) is 55.7 Å². The molecule has 1 saturated carbocycles. The lowest BCUT2D eigenvalue weighted by Gasteiger charge is -2.36. The van der Waals surface area contributed by atoms with Crippen LogP contribution >= 0.6 is 11.3 Å². The normalized spacial score (nSPS) is 16.6. The van der Waals surface area contributed by atoms with E-state index in [-0.39, 0.29) is 16.7 Å². The van der Waals surface area contributed by atoms with Crippen molar-refractivity contribution in [1.29, 1.82) is 0 Å². The minimum atomic E-state index is -4.12. The first kappa shape index (κ1) is 33.5. The molecule has 2 heterocycles. The maximum absolute atomic E-state index is 14.0. The van der Waals surface area contributed by atoms with Crippen molar-refractivity contribution >= 4 is 38.9 Å². The number of sulfonamides is 1. The Hall–Kier alpha value is -4.35. The molecule has 9 nitrogen and oxygen atoms in total. The van der Waals surface area contributed by atoms with Gasteiger partial charge in [-0.15, -0.1) is 11.3 Å². The van der Waals surface area contributed by atoms with Crippen LogP contribution in [0.3, 0.4) is 0 Å². The molecule has 1 atom stereocenters. The van der Waals surface area contributed by atoms with E-state index < -0.39 is 21.5 Å². The number of thiophene rings is 1. The van der Waals surface area contributed by atoms with Gasteiger partial charge >= 0.3 is 0 Å². The summed E-state index contributed by atoms with van der Waals surface area (Å²) in [5, 5.41) is 2.08. The summed E-state index contributed by atoms with van der Waals surface area (Å²) in [6, 6.07) is 26.2. The van der Waals surface area contributed by atoms with Gasteiger partial charge in [0.15, 0.2) is 5.60 Å². The van der Waals surface area contributed by atoms with Crippen LogP contribution in [0.25, 0.3) is 10.4 Å². The van der Waals surface area contributed by atoms with E-state index in [4.69, 9.17) is 9.47 Å². The Morgan fingerprint density at radius 2 is 1.71 bits per heavy atom. The lowest BCUT2D eigenvalue weighted by Crippen LogP contribution is -2.48. The summed E-state index contributed by atoms with van der Waals surface area (Å²) in [6.45, 7) is 5.05. The monoisotopic (exact) mass is 687 g/mol.